The quantitative estimate of drug-likeness (QED) is 0.440. The molecule has 7 heteroatoms. The lowest BCUT2D eigenvalue weighted by Gasteiger charge is -2.08. The zero-order chi connectivity index (χ0) is 21.2. The molecule has 3 heterocycles. The Kier molecular flexibility index (Phi) is 4.76. The molecule has 0 unspecified atom stereocenters. The molecular formula is C24H19N5O2. The van der Waals surface area contributed by atoms with Gasteiger partial charge in [-0.2, -0.15) is 10.1 Å². The SMILES string of the molecule is CCn1ncc2c(C(=O)Nc3nc(-c4ccccc4)co3)cc(-c3ccccc3)nc21. The van der Waals surface area contributed by atoms with Crippen molar-refractivity contribution in [3.63, 3.8) is 0 Å². The van der Waals surface area contributed by atoms with Crippen molar-refractivity contribution in [2.75, 3.05) is 5.32 Å². The first-order valence-corrected chi connectivity index (χ1v) is 9.97. The van der Waals surface area contributed by atoms with Crippen LogP contribution in [-0.2, 0) is 6.54 Å². The van der Waals surface area contributed by atoms with Crippen LogP contribution in [-0.4, -0.2) is 25.7 Å². The fourth-order valence-corrected chi connectivity index (χ4v) is 3.46. The van der Waals surface area contributed by atoms with E-state index in [4.69, 9.17) is 9.40 Å². The second kappa shape index (κ2) is 7.87. The lowest BCUT2D eigenvalue weighted by molar-refractivity contribution is 0.102. The molecule has 2 aromatic carbocycles. The largest absolute Gasteiger partial charge is 0.431 e. The van der Waals surface area contributed by atoms with Gasteiger partial charge in [-0.25, -0.2) is 9.67 Å². The van der Waals surface area contributed by atoms with Crippen molar-refractivity contribution in [3.8, 4) is 22.5 Å². The molecule has 31 heavy (non-hydrogen) atoms. The Morgan fingerprint density at radius 1 is 0.968 bits per heavy atom. The first kappa shape index (κ1) is 18.7. The van der Waals surface area contributed by atoms with Crippen LogP contribution in [0.3, 0.4) is 0 Å². The number of amides is 1. The average molecular weight is 409 g/mol. The van der Waals surface area contributed by atoms with Gasteiger partial charge < -0.3 is 4.42 Å². The summed E-state index contributed by atoms with van der Waals surface area (Å²) in [6, 6.07) is 21.3. The van der Waals surface area contributed by atoms with Crippen LogP contribution in [0.15, 0.2) is 83.6 Å². The molecule has 0 fully saturated rings. The Labute approximate surface area is 178 Å². The van der Waals surface area contributed by atoms with E-state index in [1.165, 1.54) is 6.26 Å². The van der Waals surface area contributed by atoms with E-state index in [9.17, 15) is 4.79 Å². The van der Waals surface area contributed by atoms with Crippen molar-refractivity contribution >= 4 is 23.0 Å². The molecule has 5 rings (SSSR count). The van der Waals surface area contributed by atoms with Gasteiger partial charge in [0.2, 0.25) is 0 Å². The molecule has 0 aliphatic rings. The molecule has 0 saturated carbocycles. The number of aryl methyl sites for hydroxylation is 1. The van der Waals surface area contributed by atoms with Crippen LogP contribution in [0.2, 0.25) is 0 Å². The summed E-state index contributed by atoms with van der Waals surface area (Å²) in [5, 5.41) is 7.82. The first-order valence-electron chi connectivity index (χ1n) is 9.97. The number of nitrogens with zero attached hydrogens (tertiary/aromatic N) is 4. The zero-order valence-corrected chi connectivity index (χ0v) is 16.8. The van der Waals surface area contributed by atoms with E-state index in [2.05, 4.69) is 15.4 Å². The van der Waals surface area contributed by atoms with Crippen LogP contribution >= 0.6 is 0 Å². The fourth-order valence-electron chi connectivity index (χ4n) is 3.46. The Balaban J connectivity index is 1.52. The second-order valence-electron chi connectivity index (χ2n) is 6.98. The van der Waals surface area contributed by atoms with Crippen molar-refractivity contribution in [2.45, 2.75) is 13.5 Å². The molecule has 0 saturated heterocycles. The van der Waals surface area contributed by atoms with Gasteiger partial charge in [-0.05, 0) is 13.0 Å². The average Bonchev–Trinajstić information content (AvgIpc) is 3.46. The minimum absolute atomic E-state index is 0.137. The summed E-state index contributed by atoms with van der Waals surface area (Å²) in [4.78, 5) is 22.3. The molecule has 7 nitrogen and oxygen atoms in total. The third kappa shape index (κ3) is 3.57. The maximum absolute atomic E-state index is 13.2. The van der Waals surface area contributed by atoms with Gasteiger partial charge in [0.25, 0.3) is 5.91 Å². The van der Waals surface area contributed by atoms with Gasteiger partial charge in [-0.1, -0.05) is 60.7 Å². The number of carbonyl (C=O) groups is 1. The Morgan fingerprint density at radius 2 is 1.65 bits per heavy atom. The Bertz CT molecular complexity index is 1360. The summed E-state index contributed by atoms with van der Waals surface area (Å²) in [6.45, 7) is 2.64. The third-order valence-electron chi connectivity index (χ3n) is 5.02. The Hall–Kier alpha value is -4.26. The Morgan fingerprint density at radius 3 is 2.32 bits per heavy atom. The molecule has 0 atom stereocenters. The van der Waals surface area contributed by atoms with Crippen molar-refractivity contribution in [2.24, 2.45) is 0 Å². The highest BCUT2D eigenvalue weighted by Gasteiger charge is 2.19. The minimum Gasteiger partial charge on any atom is -0.431 e. The van der Waals surface area contributed by atoms with Crippen LogP contribution in [0.5, 0.6) is 0 Å². The maximum Gasteiger partial charge on any atom is 0.302 e. The van der Waals surface area contributed by atoms with Crippen LogP contribution < -0.4 is 5.32 Å². The maximum atomic E-state index is 13.2. The first-order chi connectivity index (χ1) is 15.2. The van der Waals surface area contributed by atoms with Crippen LogP contribution in [0.1, 0.15) is 17.3 Å². The number of fused-ring (bicyclic) bond motifs is 1. The number of nitrogens with one attached hydrogen (secondary N) is 1. The smallest absolute Gasteiger partial charge is 0.302 e. The molecule has 3 aromatic heterocycles. The molecule has 0 spiro atoms. The predicted molar refractivity (Wildman–Crippen MR) is 119 cm³/mol. The van der Waals surface area contributed by atoms with Crippen molar-refractivity contribution in [1.82, 2.24) is 19.7 Å². The zero-order valence-electron chi connectivity index (χ0n) is 16.8. The number of carbonyl (C=O) groups excluding carboxylic acids is 1. The number of oxazole rings is 1. The molecule has 152 valence electrons. The lowest BCUT2D eigenvalue weighted by atomic mass is 10.1. The van der Waals surface area contributed by atoms with Gasteiger partial charge in [-0.15, -0.1) is 0 Å². The summed E-state index contributed by atoms with van der Waals surface area (Å²) in [7, 11) is 0. The lowest BCUT2D eigenvalue weighted by Crippen LogP contribution is -2.13. The molecule has 0 radical (unpaired) electrons. The molecule has 0 aliphatic carbocycles. The summed E-state index contributed by atoms with van der Waals surface area (Å²) < 4.78 is 7.26. The molecule has 1 amide bonds. The van der Waals surface area contributed by atoms with Crippen LogP contribution in [0, 0.1) is 0 Å². The number of hydrogen-bond donors (Lipinski definition) is 1. The summed E-state index contributed by atoms with van der Waals surface area (Å²) in [5.74, 6) is -0.332. The highest BCUT2D eigenvalue weighted by Crippen LogP contribution is 2.26. The van der Waals surface area contributed by atoms with E-state index in [1.54, 1.807) is 16.9 Å². The van der Waals surface area contributed by atoms with Gasteiger partial charge in [0.05, 0.1) is 22.8 Å². The van der Waals surface area contributed by atoms with Crippen molar-refractivity contribution in [1.29, 1.82) is 0 Å². The van der Waals surface area contributed by atoms with Gasteiger partial charge in [-0.3, -0.25) is 10.1 Å². The normalized spacial score (nSPS) is 11.0. The van der Waals surface area contributed by atoms with Gasteiger partial charge >= 0.3 is 6.01 Å². The second-order valence-corrected chi connectivity index (χ2v) is 6.98. The number of rotatable bonds is 5. The molecule has 0 bridgehead atoms. The molecule has 5 aromatic rings. The topological polar surface area (TPSA) is 85.8 Å². The predicted octanol–water partition coefficient (Wildman–Crippen LogP) is 5.03. The summed E-state index contributed by atoms with van der Waals surface area (Å²) in [5.41, 5.74) is 4.30. The van der Waals surface area contributed by atoms with Crippen LogP contribution in [0.25, 0.3) is 33.5 Å². The van der Waals surface area contributed by atoms with Crippen LogP contribution in [0.4, 0.5) is 6.01 Å². The van der Waals surface area contributed by atoms with E-state index < -0.39 is 0 Å². The monoisotopic (exact) mass is 409 g/mol. The van der Waals surface area contributed by atoms with Crippen molar-refractivity contribution < 1.29 is 9.21 Å². The van der Waals surface area contributed by atoms with Gasteiger partial charge in [0.1, 0.15) is 12.0 Å². The van der Waals surface area contributed by atoms with Gasteiger partial charge in [0, 0.05) is 17.7 Å². The number of pyridine rings is 1. The number of aromatic nitrogens is 4. The number of anilines is 1. The fraction of sp³-hybridized carbons (Fsp3) is 0.0833. The molecule has 0 aliphatic heterocycles. The summed E-state index contributed by atoms with van der Waals surface area (Å²) in [6.07, 6.45) is 3.19. The third-order valence-corrected chi connectivity index (χ3v) is 5.02. The highest BCUT2D eigenvalue weighted by atomic mass is 16.4. The number of benzene rings is 2. The molecular weight excluding hydrogens is 390 g/mol. The summed E-state index contributed by atoms with van der Waals surface area (Å²) >= 11 is 0. The van der Waals surface area contributed by atoms with E-state index in [0.29, 0.717) is 34.5 Å². The standard InChI is InChI=1S/C24H19N5O2/c1-2-29-22-19(14-25-29)18(13-20(26-22)16-9-5-3-6-10-16)23(30)28-24-27-21(15-31-24)17-11-7-4-8-12-17/h3-15H,2H2,1H3,(H,27,28,30). The van der Waals surface area contributed by atoms with E-state index in [0.717, 1.165) is 11.1 Å². The highest BCUT2D eigenvalue weighted by molar-refractivity contribution is 6.12. The van der Waals surface area contributed by atoms with E-state index >= 15 is 0 Å². The van der Waals surface area contributed by atoms with Crippen molar-refractivity contribution in [3.05, 3.63) is 84.8 Å². The van der Waals surface area contributed by atoms with Gasteiger partial charge in [0.15, 0.2) is 5.65 Å². The van der Waals surface area contributed by atoms with E-state index in [1.807, 2.05) is 67.6 Å². The number of hydrogen-bond acceptors (Lipinski definition) is 5. The minimum atomic E-state index is -0.332. The van der Waals surface area contributed by atoms with E-state index in [-0.39, 0.29) is 11.9 Å². The molecule has 1 N–H and O–H groups in total.